The highest BCUT2D eigenvalue weighted by atomic mass is 16.2. The third-order valence-electron chi connectivity index (χ3n) is 3.05. The van der Waals surface area contributed by atoms with Crippen molar-refractivity contribution in [3.63, 3.8) is 0 Å². The summed E-state index contributed by atoms with van der Waals surface area (Å²) in [4.78, 5) is 27.3. The second-order valence-electron chi connectivity index (χ2n) is 4.60. The molecule has 23 heavy (non-hydrogen) atoms. The Kier molecular flexibility index (Phi) is 4.18. The summed E-state index contributed by atoms with van der Waals surface area (Å²) >= 11 is 0. The van der Waals surface area contributed by atoms with Crippen LogP contribution in [0.5, 0.6) is 0 Å². The fourth-order valence-electron chi connectivity index (χ4n) is 1.90. The molecule has 0 saturated heterocycles. The molecule has 0 saturated carbocycles. The van der Waals surface area contributed by atoms with Crippen LogP contribution < -0.4 is 10.9 Å². The van der Waals surface area contributed by atoms with E-state index in [9.17, 15) is 9.59 Å². The minimum atomic E-state index is -0.360. The number of carbonyl (C=O) groups is 1. The number of aromatic nitrogens is 6. The van der Waals surface area contributed by atoms with Crippen molar-refractivity contribution in [1.29, 1.82) is 0 Å². The number of rotatable bonds is 5. The zero-order valence-electron chi connectivity index (χ0n) is 12.0. The van der Waals surface area contributed by atoms with Crippen LogP contribution in [-0.4, -0.2) is 42.0 Å². The van der Waals surface area contributed by atoms with Crippen molar-refractivity contribution in [2.75, 3.05) is 6.54 Å². The third-order valence-corrected chi connectivity index (χ3v) is 3.05. The quantitative estimate of drug-likeness (QED) is 0.690. The molecule has 116 valence electrons. The van der Waals surface area contributed by atoms with E-state index < -0.39 is 0 Å². The molecule has 0 aromatic carbocycles. The van der Waals surface area contributed by atoms with Crippen molar-refractivity contribution < 1.29 is 4.79 Å². The van der Waals surface area contributed by atoms with Crippen molar-refractivity contribution >= 4 is 5.91 Å². The van der Waals surface area contributed by atoms with Crippen molar-refractivity contribution in [2.45, 2.75) is 6.54 Å². The monoisotopic (exact) mass is 311 g/mol. The SMILES string of the molecule is O=C(NCCn1cnccc1=O)c1ccc(-n2cccn2)nn1. The number of hydrogen-bond acceptors (Lipinski definition) is 6. The molecule has 1 N–H and O–H groups in total. The second-order valence-corrected chi connectivity index (χ2v) is 4.60. The first-order valence-corrected chi connectivity index (χ1v) is 6.86. The summed E-state index contributed by atoms with van der Waals surface area (Å²) in [5.74, 6) is 0.162. The van der Waals surface area contributed by atoms with Gasteiger partial charge in [-0.1, -0.05) is 0 Å². The van der Waals surface area contributed by atoms with Gasteiger partial charge in [0.05, 0.1) is 6.33 Å². The van der Waals surface area contributed by atoms with Gasteiger partial charge < -0.3 is 5.32 Å². The van der Waals surface area contributed by atoms with E-state index in [4.69, 9.17) is 0 Å². The second kappa shape index (κ2) is 6.60. The van der Waals surface area contributed by atoms with Gasteiger partial charge in [-0.15, -0.1) is 10.2 Å². The maximum Gasteiger partial charge on any atom is 0.271 e. The van der Waals surface area contributed by atoms with Crippen LogP contribution in [-0.2, 0) is 6.54 Å². The predicted molar refractivity (Wildman–Crippen MR) is 80.0 cm³/mol. The molecule has 3 aromatic rings. The fraction of sp³-hybridized carbons (Fsp3) is 0.143. The Labute approximate surface area is 130 Å². The highest BCUT2D eigenvalue weighted by Crippen LogP contribution is 2.01. The first kappa shape index (κ1) is 14.6. The molecule has 0 unspecified atom stereocenters. The Balaban J connectivity index is 1.58. The van der Waals surface area contributed by atoms with E-state index in [-0.39, 0.29) is 23.7 Å². The van der Waals surface area contributed by atoms with Crippen LogP contribution in [0.2, 0.25) is 0 Å². The van der Waals surface area contributed by atoms with Crippen LogP contribution in [0.1, 0.15) is 10.5 Å². The lowest BCUT2D eigenvalue weighted by Gasteiger charge is -2.06. The Hall–Kier alpha value is -3.36. The zero-order chi connectivity index (χ0) is 16.1. The summed E-state index contributed by atoms with van der Waals surface area (Å²) in [5.41, 5.74) is 0.0251. The Morgan fingerprint density at radius 1 is 1.17 bits per heavy atom. The number of amides is 1. The molecule has 3 aromatic heterocycles. The first-order valence-electron chi connectivity index (χ1n) is 6.86. The van der Waals surface area contributed by atoms with Crippen LogP contribution >= 0.6 is 0 Å². The van der Waals surface area contributed by atoms with Gasteiger partial charge in [0.2, 0.25) is 0 Å². The van der Waals surface area contributed by atoms with Gasteiger partial charge in [0, 0.05) is 37.7 Å². The lowest BCUT2D eigenvalue weighted by molar-refractivity contribution is 0.0946. The number of nitrogens with one attached hydrogen (secondary N) is 1. The molecule has 1 amide bonds. The highest BCUT2D eigenvalue weighted by Gasteiger charge is 2.08. The smallest absolute Gasteiger partial charge is 0.271 e. The maximum absolute atomic E-state index is 12.0. The Bertz CT molecular complexity index is 840. The van der Waals surface area contributed by atoms with Gasteiger partial charge in [0.25, 0.3) is 11.5 Å². The van der Waals surface area contributed by atoms with E-state index in [1.54, 1.807) is 35.3 Å². The van der Waals surface area contributed by atoms with Crippen LogP contribution in [0.4, 0.5) is 0 Å². The number of carbonyl (C=O) groups excluding carboxylic acids is 1. The molecule has 0 aliphatic heterocycles. The molecule has 3 rings (SSSR count). The lowest BCUT2D eigenvalue weighted by atomic mass is 10.3. The van der Waals surface area contributed by atoms with Crippen LogP contribution in [0.3, 0.4) is 0 Å². The summed E-state index contributed by atoms with van der Waals surface area (Å²) in [5, 5.41) is 14.5. The van der Waals surface area contributed by atoms with Crippen molar-refractivity contribution in [2.24, 2.45) is 0 Å². The van der Waals surface area contributed by atoms with Gasteiger partial charge in [0.15, 0.2) is 11.5 Å². The lowest BCUT2D eigenvalue weighted by Crippen LogP contribution is -2.31. The summed E-state index contributed by atoms with van der Waals surface area (Å²) in [6.45, 7) is 0.615. The molecule has 9 heteroatoms. The Morgan fingerprint density at radius 3 is 2.78 bits per heavy atom. The van der Waals surface area contributed by atoms with Crippen molar-refractivity contribution in [3.05, 3.63) is 65.2 Å². The van der Waals surface area contributed by atoms with Crippen LogP contribution in [0.15, 0.2) is 54.0 Å². The fourth-order valence-corrected chi connectivity index (χ4v) is 1.90. The molecule has 0 radical (unpaired) electrons. The summed E-state index contributed by atoms with van der Waals surface area (Å²) < 4.78 is 2.95. The highest BCUT2D eigenvalue weighted by molar-refractivity contribution is 5.92. The minimum absolute atomic E-state index is 0.169. The molecular weight excluding hydrogens is 298 g/mol. The van der Waals surface area contributed by atoms with E-state index in [0.29, 0.717) is 12.4 Å². The third kappa shape index (κ3) is 3.46. The minimum Gasteiger partial charge on any atom is -0.349 e. The standard InChI is InChI=1S/C14H13N7O2/c22-13-4-6-15-10-20(13)9-7-16-14(23)11-2-3-12(19-18-11)21-8-1-5-17-21/h1-6,8,10H,7,9H2,(H,16,23). The summed E-state index contributed by atoms with van der Waals surface area (Å²) in [6, 6.07) is 6.35. The van der Waals surface area contributed by atoms with Crippen molar-refractivity contribution in [3.8, 4) is 5.82 Å². The van der Waals surface area contributed by atoms with Crippen molar-refractivity contribution in [1.82, 2.24) is 34.8 Å². The molecule has 9 nitrogen and oxygen atoms in total. The Morgan fingerprint density at radius 2 is 2.09 bits per heavy atom. The summed E-state index contributed by atoms with van der Waals surface area (Å²) in [7, 11) is 0. The molecule has 3 heterocycles. The molecule has 0 spiro atoms. The van der Waals surface area contributed by atoms with Gasteiger partial charge in [0.1, 0.15) is 0 Å². The zero-order valence-corrected chi connectivity index (χ0v) is 12.0. The summed E-state index contributed by atoms with van der Waals surface area (Å²) in [6.07, 6.45) is 6.21. The van der Waals surface area contributed by atoms with Crippen LogP contribution in [0, 0.1) is 0 Å². The predicted octanol–water partition coefficient (Wildman–Crippen LogP) is -0.351. The average molecular weight is 311 g/mol. The van der Waals surface area contributed by atoms with E-state index in [1.807, 2.05) is 0 Å². The molecule has 0 bridgehead atoms. The van der Waals surface area contributed by atoms with Crippen LogP contribution in [0.25, 0.3) is 5.82 Å². The molecular formula is C14H13N7O2. The van der Waals surface area contributed by atoms with Gasteiger partial charge in [-0.2, -0.15) is 5.10 Å². The normalized spacial score (nSPS) is 10.4. The molecule has 0 fully saturated rings. The topological polar surface area (TPSA) is 108 Å². The molecule has 0 aliphatic carbocycles. The molecule has 0 aliphatic rings. The maximum atomic E-state index is 12.0. The van der Waals surface area contributed by atoms with E-state index in [1.165, 1.54) is 23.2 Å². The van der Waals surface area contributed by atoms with Gasteiger partial charge in [-0.25, -0.2) is 9.67 Å². The average Bonchev–Trinajstić information content (AvgIpc) is 3.11. The number of nitrogens with zero attached hydrogens (tertiary/aromatic N) is 6. The number of hydrogen-bond donors (Lipinski definition) is 1. The first-order chi connectivity index (χ1) is 11.2. The largest absolute Gasteiger partial charge is 0.349 e. The van der Waals surface area contributed by atoms with E-state index >= 15 is 0 Å². The van der Waals surface area contributed by atoms with Gasteiger partial charge >= 0.3 is 0 Å². The van der Waals surface area contributed by atoms with Gasteiger partial charge in [-0.05, 0) is 18.2 Å². The van der Waals surface area contributed by atoms with E-state index in [0.717, 1.165) is 0 Å². The van der Waals surface area contributed by atoms with Gasteiger partial charge in [-0.3, -0.25) is 14.2 Å². The molecule has 0 atom stereocenters. The van der Waals surface area contributed by atoms with E-state index in [2.05, 4.69) is 25.6 Å².